The minimum Gasteiger partial charge on any atom is -0.479 e. The fourth-order valence-electron chi connectivity index (χ4n) is 3.72. The summed E-state index contributed by atoms with van der Waals surface area (Å²) in [7, 11) is 3.23. The fourth-order valence-corrected chi connectivity index (χ4v) is 3.72. The fraction of sp³-hybridized carbons (Fsp3) is 0.400. The second kappa shape index (κ2) is 7.94. The zero-order valence-corrected chi connectivity index (χ0v) is 16.5. The van der Waals surface area contributed by atoms with Crippen LogP contribution in [0.2, 0.25) is 0 Å². The minimum absolute atomic E-state index is 0.0684. The molecule has 0 bridgehead atoms. The molecule has 1 saturated heterocycles. The number of rotatable bonds is 5. The number of aromatic amines is 1. The molecular weight excluding hydrogens is 372 g/mol. The first-order chi connectivity index (χ1) is 14.0. The van der Waals surface area contributed by atoms with E-state index in [9.17, 15) is 9.59 Å². The highest BCUT2D eigenvalue weighted by atomic mass is 16.5. The number of para-hydroxylation sites is 2. The second-order valence-corrected chi connectivity index (χ2v) is 7.23. The third kappa shape index (κ3) is 3.94. The van der Waals surface area contributed by atoms with Crippen molar-refractivity contribution >= 4 is 22.8 Å². The van der Waals surface area contributed by atoms with Crippen LogP contribution in [-0.4, -0.2) is 56.7 Å². The summed E-state index contributed by atoms with van der Waals surface area (Å²) in [5.41, 5.74) is 2.23. The van der Waals surface area contributed by atoms with Gasteiger partial charge in [-0.1, -0.05) is 12.1 Å². The third-order valence-corrected chi connectivity index (χ3v) is 5.17. The molecule has 1 aliphatic heterocycles. The van der Waals surface area contributed by atoms with Crippen LogP contribution in [0.5, 0.6) is 5.88 Å². The molecule has 1 atom stereocenters. The molecule has 3 heterocycles. The lowest BCUT2D eigenvalue weighted by atomic mass is 9.96. The molecule has 2 aromatic heterocycles. The highest BCUT2D eigenvalue weighted by Crippen LogP contribution is 2.23. The minimum atomic E-state index is -0.250. The van der Waals surface area contributed by atoms with Crippen LogP contribution in [0.25, 0.3) is 11.0 Å². The SMILES string of the molecule is COc1nn(C)cc1C(=O)N1CCCC(C(=O)NCc2nc3ccccc3[nH]2)C1. The van der Waals surface area contributed by atoms with Gasteiger partial charge in [-0.2, -0.15) is 0 Å². The summed E-state index contributed by atoms with van der Waals surface area (Å²) < 4.78 is 6.74. The smallest absolute Gasteiger partial charge is 0.260 e. The average Bonchev–Trinajstić information content (AvgIpc) is 3.34. The zero-order chi connectivity index (χ0) is 20.4. The summed E-state index contributed by atoms with van der Waals surface area (Å²) in [5, 5.41) is 7.08. The quantitative estimate of drug-likeness (QED) is 0.680. The number of likely N-dealkylation sites (tertiary alicyclic amines) is 1. The number of ether oxygens (including phenoxy) is 1. The van der Waals surface area contributed by atoms with Crippen LogP contribution in [0.1, 0.15) is 29.0 Å². The van der Waals surface area contributed by atoms with Gasteiger partial charge in [0.2, 0.25) is 11.8 Å². The molecule has 29 heavy (non-hydrogen) atoms. The molecule has 1 aliphatic rings. The van der Waals surface area contributed by atoms with Crippen LogP contribution < -0.4 is 10.1 Å². The van der Waals surface area contributed by atoms with Gasteiger partial charge in [-0.3, -0.25) is 14.3 Å². The van der Waals surface area contributed by atoms with Crippen molar-refractivity contribution in [1.29, 1.82) is 0 Å². The molecular formula is C20H24N6O3. The predicted octanol–water partition coefficient (Wildman–Crippen LogP) is 1.47. The first-order valence-electron chi connectivity index (χ1n) is 9.63. The predicted molar refractivity (Wildman–Crippen MR) is 106 cm³/mol. The molecule has 2 N–H and O–H groups in total. The van der Waals surface area contributed by atoms with E-state index in [1.165, 1.54) is 7.11 Å². The van der Waals surface area contributed by atoms with E-state index in [0.29, 0.717) is 36.9 Å². The van der Waals surface area contributed by atoms with Crippen LogP contribution in [0.3, 0.4) is 0 Å². The number of hydrogen-bond donors (Lipinski definition) is 2. The molecule has 9 nitrogen and oxygen atoms in total. The van der Waals surface area contributed by atoms with Crippen molar-refractivity contribution in [2.45, 2.75) is 19.4 Å². The molecule has 1 fully saturated rings. The van der Waals surface area contributed by atoms with Gasteiger partial charge in [-0.05, 0) is 25.0 Å². The number of carbonyl (C=O) groups is 2. The van der Waals surface area contributed by atoms with Gasteiger partial charge in [-0.15, -0.1) is 5.10 Å². The maximum absolute atomic E-state index is 12.9. The van der Waals surface area contributed by atoms with Gasteiger partial charge < -0.3 is 19.9 Å². The highest BCUT2D eigenvalue weighted by Gasteiger charge is 2.31. The summed E-state index contributed by atoms with van der Waals surface area (Å²) >= 11 is 0. The molecule has 3 aromatic rings. The molecule has 1 unspecified atom stereocenters. The Morgan fingerprint density at radius 1 is 1.34 bits per heavy atom. The number of aromatic nitrogens is 4. The van der Waals surface area contributed by atoms with Crippen LogP contribution in [0.4, 0.5) is 0 Å². The van der Waals surface area contributed by atoms with E-state index >= 15 is 0 Å². The lowest BCUT2D eigenvalue weighted by molar-refractivity contribution is -0.126. The molecule has 0 radical (unpaired) electrons. The van der Waals surface area contributed by atoms with Crippen LogP contribution in [0, 0.1) is 5.92 Å². The second-order valence-electron chi connectivity index (χ2n) is 7.23. The Morgan fingerprint density at radius 2 is 2.17 bits per heavy atom. The number of hydrogen-bond acceptors (Lipinski definition) is 5. The largest absolute Gasteiger partial charge is 0.479 e. The number of aryl methyl sites for hydroxylation is 1. The summed E-state index contributed by atoms with van der Waals surface area (Å²) in [4.78, 5) is 35.0. The van der Waals surface area contributed by atoms with Gasteiger partial charge in [0, 0.05) is 26.3 Å². The van der Waals surface area contributed by atoms with Gasteiger partial charge in [-0.25, -0.2) is 4.98 Å². The topological polar surface area (TPSA) is 105 Å². The molecule has 0 spiro atoms. The normalized spacial score (nSPS) is 16.8. The van der Waals surface area contributed by atoms with Gasteiger partial charge in [0.25, 0.3) is 5.91 Å². The van der Waals surface area contributed by atoms with E-state index in [4.69, 9.17) is 4.74 Å². The van der Waals surface area contributed by atoms with E-state index in [1.54, 1.807) is 22.8 Å². The van der Waals surface area contributed by atoms with Gasteiger partial charge in [0.05, 0.1) is 30.6 Å². The molecule has 9 heteroatoms. The maximum Gasteiger partial charge on any atom is 0.260 e. The number of benzene rings is 1. The molecule has 0 saturated carbocycles. The molecule has 4 rings (SSSR count). The van der Waals surface area contributed by atoms with Gasteiger partial charge >= 0.3 is 0 Å². The Balaban J connectivity index is 1.38. The molecule has 0 aliphatic carbocycles. The monoisotopic (exact) mass is 396 g/mol. The number of carbonyl (C=O) groups excluding carboxylic acids is 2. The van der Waals surface area contributed by atoms with E-state index < -0.39 is 0 Å². The summed E-state index contributed by atoms with van der Waals surface area (Å²) in [6.45, 7) is 1.32. The first-order valence-corrected chi connectivity index (χ1v) is 9.63. The number of amides is 2. The van der Waals surface area contributed by atoms with Crippen molar-refractivity contribution < 1.29 is 14.3 Å². The third-order valence-electron chi connectivity index (χ3n) is 5.17. The van der Waals surface area contributed by atoms with Crippen LogP contribution in [0.15, 0.2) is 30.5 Å². The number of methoxy groups -OCH3 is 1. The van der Waals surface area contributed by atoms with E-state index in [-0.39, 0.29) is 17.7 Å². The van der Waals surface area contributed by atoms with Crippen molar-refractivity contribution in [2.24, 2.45) is 13.0 Å². The summed E-state index contributed by atoms with van der Waals surface area (Å²) in [6, 6.07) is 7.74. The average molecular weight is 396 g/mol. The Hall–Kier alpha value is -3.36. The Kier molecular flexibility index (Phi) is 5.20. The number of nitrogens with one attached hydrogen (secondary N) is 2. The van der Waals surface area contributed by atoms with Crippen LogP contribution >= 0.6 is 0 Å². The Labute approximate surface area is 168 Å². The van der Waals surface area contributed by atoms with E-state index in [0.717, 1.165) is 23.9 Å². The number of piperidine rings is 1. The first kappa shape index (κ1) is 19.0. The lowest BCUT2D eigenvalue weighted by Crippen LogP contribution is -2.45. The number of H-pyrrole nitrogens is 1. The summed E-state index contributed by atoms with van der Waals surface area (Å²) in [5.74, 6) is 0.530. The summed E-state index contributed by atoms with van der Waals surface area (Å²) in [6.07, 6.45) is 3.17. The van der Waals surface area contributed by atoms with Gasteiger partial charge in [0.1, 0.15) is 11.4 Å². The number of imidazole rings is 1. The van der Waals surface area contributed by atoms with E-state index in [1.807, 2.05) is 24.3 Å². The Morgan fingerprint density at radius 3 is 2.97 bits per heavy atom. The van der Waals surface area contributed by atoms with Crippen molar-refractivity contribution in [3.05, 3.63) is 41.9 Å². The standard InChI is InChI=1S/C20H24N6O3/c1-25-12-14(19(24-25)29-2)20(28)26-9-5-6-13(11-26)18(27)21-10-17-22-15-7-3-4-8-16(15)23-17/h3-4,7-8,12-13H,5-6,9-11H2,1-2H3,(H,21,27)(H,22,23). The molecule has 152 valence electrons. The van der Waals surface area contributed by atoms with Crippen molar-refractivity contribution in [2.75, 3.05) is 20.2 Å². The van der Waals surface area contributed by atoms with Crippen molar-refractivity contribution in [3.63, 3.8) is 0 Å². The van der Waals surface area contributed by atoms with Gasteiger partial charge in [0.15, 0.2) is 0 Å². The van der Waals surface area contributed by atoms with Crippen molar-refractivity contribution in [1.82, 2.24) is 30.0 Å². The molecule has 1 aromatic carbocycles. The lowest BCUT2D eigenvalue weighted by Gasteiger charge is -2.31. The number of fused-ring (bicyclic) bond motifs is 1. The molecule has 2 amide bonds. The van der Waals surface area contributed by atoms with Crippen LogP contribution in [-0.2, 0) is 18.4 Å². The highest BCUT2D eigenvalue weighted by molar-refractivity contribution is 5.96. The van der Waals surface area contributed by atoms with E-state index in [2.05, 4.69) is 20.4 Å². The Bertz CT molecular complexity index is 1010. The van der Waals surface area contributed by atoms with Crippen molar-refractivity contribution in [3.8, 4) is 5.88 Å². The zero-order valence-electron chi connectivity index (χ0n) is 16.5. The maximum atomic E-state index is 12.9. The number of nitrogens with zero attached hydrogens (tertiary/aromatic N) is 4.